The number of benzene rings is 2. The minimum atomic E-state index is -4.56. The van der Waals surface area contributed by atoms with E-state index in [1.54, 1.807) is 12.3 Å². The topological polar surface area (TPSA) is 66.2 Å². The number of amides is 2. The van der Waals surface area contributed by atoms with Crippen LogP contribution < -0.4 is 15.4 Å². The highest BCUT2D eigenvalue weighted by atomic mass is 19.4. The third-order valence-electron chi connectivity index (χ3n) is 4.47. The number of aromatic nitrogens is 1. The maximum absolute atomic E-state index is 13.4. The second kappa shape index (κ2) is 8.42. The number of carbonyl (C=O) groups is 1. The van der Waals surface area contributed by atoms with Crippen LogP contribution in [0.2, 0.25) is 0 Å². The summed E-state index contributed by atoms with van der Waals surface area (Å²) >= 11 is 0. The SMILES string of the molecule is COc1ccc(CNC(=O)NCCc2c[nH]c3ccc(F)cc23)c(C(F)(F)F)c1. The molecular weight excluding hydrogens is 390 g/mol. The number of alkyl halides is 3. The molecule has 0 atom stereocenters. The predicted molar refractivity (Wildman–Crippen MR) is 100 cm³/mol. The number of aromatic amines is 1. The first-order valence-corrected chi connectivity index (χ1v) is 8.79. The van der Waals surface area contributed by atoms with Crippen molar-refractivity contribution in [2.75, 3.05) is 13.7 Å². The molecule has 154 valence electrons. The molecule has 0 saturated carbocycles. The largest absolute Gasteiger partial charge is 0.497 e. The van der Waals surface area contributed by atoms with Gasteiger partial charge >= 0.3 is 12.2 Å². The Balaban J connectivity index is 1.56. The Morgan fingerprint density at radius 1 is 1.10 bits per heavy atom. The number of methoxy groups -OCH3 is 1. The quantitative estimate of drug-likeness (QED) is 0.529. The van der Waals surface area contributed by atoms with Crippen molar-refractivity contribution in [1.82, 2.24) is 15.6 Å². The maximum atomic E-state index is 13.4. The van der Waals surface area contributed by atoms with Gasteiger partial charge in [-0.25, -0.2) is 9.18 Å². The van der Waals surface area contributed by atoms with Crippen molar-refractivity contribution in [3.63, 3.8) is 0 Å². The fourth-order valence-corrected chi connectivity index (χ4v) is 3.01. The number of hydrogen-bond donors (Lipinski definition) is 3. The summed E-state index contributed by atoms with van der Waals surface area (Å²) in [4.78, 5) is 15.0. The van der Waals surface area contributed by atoms with Crippen molar-refractivity contribution in [2.24, 2.45) is 0 Å². The molecule has 29 heavy (non-hydrogen) atoms. The van der Waals surface area contributed by atoms with Gasteiger partial charge in [-0.15, -0.1) is 0 Å². The molecule has 5 nitrogen and oxygen atoms in total. The fraction of sp³-hybridized carbons (Fsp3) is 0.250. The van der Waals surface area contributed by atoms with E-state index in [-0.39, 0.29) is 30.2 Å². The van der Waals surface area contributed by atoms with Gasteiger partial charge in [-0.05, 0) is 47.9 Å². The number of hydrogen-bond acceptors (Lipinski definition) is 2. The number of ether oxygens (including phenoxy) is 1. The summed E-state index contributed by atoms with van der Waals surface area (Å²) in [6, 6.07) is 7.35. The molecule has 9 heteroatoms. The van der Waals surface area contributed by atoms with Crippen molar-refractivity contribution >= 4 is 16.9 Å². The minimum Gasteiger partial charge on any atom is -0.497 e. The Morgan fingerprint density at radius 2 is 1.90 bits per heavy atom. The number of nitrogens with one attached hydrogen (secondary N) is 3. The Labute approximate surface area is 164 Å². The molecule has 0 radical (unpaired) electrons. The number of urea groups is 1. The Hall–Kier alpha value is -3.23. The third-order valence-corrected chi connectivity index (χ3v) is 4.47. The molecule has 0 unspecified atom stereocenters. The molecule has 3 rings (SSSR count). The van der Waals surface area contributed by atoms with Gasteiger partial charge in [0.05, 0.1) is 12.7 Å². The van der Waals surface area contributed by atoms with E-state index in [0.717, 1.165) is 22.5 Å². The van der Waals surface area contributed by atoms with E-state index in [4.69, 9.17) is 4.74 Å². The van der Waals surface area contributed by atoms with Crippen LogP contribution in [0.4, 0.5) is 22.4 Å². The predicted octanol–water partition coefficient (Wildman–Crippen LogP) is 4.38. The van der Waals surface area contributed by atoms with E-state index in [2.05, 4.69) is 15.6 Å². The highest BCUT2D eigenvalue weighted by Crippen LogP contribution is 2.34. The molecule has 1 aromatic heterocycles. The zero-order valence-electron chi connectivity index (χ0n) is 15.5. The number of rotatable bonds is 6. The summed E-state index contributed by atoms with van der Waals surface area (Å²) in [5, 5.41) is 5.73. The van der Waals surface area contributed by atoms with E-state index < -0.39 is 17.8 Å². The van der Waals surface area contributed by atoms with Crippen LogP contribution in [0.5, 0.6) is 5.75 Å². The van der Waals surface area contributed by atoms with Crippen LogP contribution in [0.3, 0.4) is 0 Å². The van der Waals surface area contributed by atoms with Gasteiger partial charge in [-0.3, -0.25) is 0 Å². The Morgan fingerprint density at radius 3 is 2.62 bits per heavy atom. The molecular formula is C20H19F4N3O2. The van der Waals surface area contributed by atoms with Crippen molar-refractivity contribution in [2.45, 2.75) is 19.1 Å². The van der Waals surface area contributed by atoms with Gasteiger partial charge in [0.2, 0.25) is 0 Å². The van der Waals surface area contributed by atoms with Gasteiger partial charge in [-0.2, -0.15) is 13.2 Å². The summed E-state index contributed by atoms with van der Waals surface area (Å²) in [6.45, 7) is -0.0486. The lowest BCUT2D eigenvalue weighted by molar-refractivity contribution is -0.138. The molecule has 3 N–H and O–H groups in total. The zero-order chi connectivity index (χ0) is 21.0. The second-order valence-corrected chi connectivity index (χ2v) is 6.38. The summed E-state index contributed by atoms with van der Waals surface area (Å²) < 4.78 is 57.8. The summed E-state index contributed by atoms with van der Waals surface area (Å²) in [6.07, 6.45) is -2.39. The van der Waals surface area contributed by atoms with E-state index in [9.17, 15) is 22.4 Å². The monoisotopic (exact) mass is 409 g/mol. The highest BCUT2D eigenvalue weighted by molar-refractivity contribution is 5.83. The molecule has 0 spiro atoms. The zero-order valence-corrected chi connectivity index (χ0v) is 15.5. The molecule has 0 aliphatic carbocycles. The lowest BCUT2D eigenvalue weighted by Crippen LogP contribution is -2.36. The van der Waals surface area contributed by atoms with Crippen LogP contribution in [-0.4, -0.2) is 24.7 Å². The van der Waals surface area contributed by atoms with Crippen molar-refractivity contribution in [1.29, 1.82) is 0 Å². The van der Waals surface area contributed by atoms with Gasteiger partial charge in [0.25, 0.3) is 0 Å². The maximum Gasteiger partial charge on any atom is 0.416 e. The van der Waals surface area contributed by atoms with E-state index in [1.165, 1.54) is 31.4 Å². The normalized spacial score (nSPS) is 11.5. The number of carbonyl (C=O) groups excluding carboxylic acids is 1. The van der Waals surface area contributed by atoms with Gasteiger partial charge < -0.3 is 20.4 Å². The molecule has 0 saturated heterocycles. The Bertz CT molecular complexity index is 1010. The molecule has 2 amide bonds. The lowest BCUT2D eigenvalue weighted by Gasteiger charge is -2.15. The molecule has 0 bridgehead atoms. The third kappa shape index (κ3) is 4.98. The van der Waals surface area contributed by atoms with Gasteiger partial charge in [0.1, 0.15) is 11.6 Å². The van der Waals surface area contributed by atoms with Crippen LogP contribution in [0.1, 0.15) is 16.7 Å². The Kier molecular flexibility index (Phi) is 5.95. The van der Waals surface area contributed by atoms with Crippen molar-refractivity contribution < 1.29 is 27.1 Å². The molecule has 2 aromatic carbocycles. The van der Waals surface area contributed by atoms with Crippen LogP contribution in [-0.2, 0) is 19.1 Å². The molecule has 0 fully saturated rings. The molecule has 0 aliphatic heterocycles. The van der Waals surface area contributed by atoms with Crippen LogP contribution in [0.15, 0.2) is 42.6 Å². The van der Waals surface area contributed by atoms with Gasteiger partial charge in [0.15, 0.2) is 0 Å². The summed E-state index contributed by atoms with van der Waals surface area (Å²) in [5.74, 6) is -0.273. The first-order chi connectivity index (χ1) is 13.8. The van der Waals surface area contributed by atoms with Crippen molar-refractivity contribution in [3.8, 4) is 5.75 Å². The first kappa shape index (κ1) is 20.5. The number of fused-ring (bicyclic) bond motifs is 1. The van der Waals surface area contributed by atoms with Gasteiger partial charge in [0, 0.05) is 30.2 Å². The average Bonchev–Trinajstić information content (AvgIpc) is 3.07. The summed E-state index contributed by atoms with van der Waals surface area (Å²) in [7, 11) is 1.28. The van der Waals surface area contributed by atoms with E-state index >= 15 is 0 Å². The smallest absolute Gasteiger partial charge is 0.416 e. The van der Waals surface area contributed by atoms with Crippen LogP contribution in [0, 0.1) is 5.82 Å². The number of halogens is 4. The average molecular weight is 409 g/mol. The standard InChI is InChI=1S/C20H19F4N3O2/c1-29-15-4-2-13(17(9-15)20(22,23)24)11-27-19(28)25-7-6-12-10-26-18-5-3-14(21)8-16(12)18/h2-5,8-10,26H,6-7,11H2,1H3,(H2,25,27,28). The van der Waals surface area contributed by atoms with Gasteiger partial charge in [-0.1, -0.05) is 6.07 Å². The van der Waals surface area contributed by atoms with Crippen LogP contribution >= 0.6 is 0 Å². The lowest BCUT2D eigenvalue weighted by atomic mass is 10.1. The summed E-state index contributed by atoms with van der Waals surface area (Å²) in [5.41, 5.74) is 0.679. The number of H-pyrrole nitrogens is 1. The second-order valence-electron chi connectivity index (χ2n) is 6.38. The fourth-order valence-electron chi connectivity index (χ4n) is 3.01. The molecule has 3 aromatic rings. The van der Waals surface area contributed by atoms with E-state index in [0.29, 0.717) is 6.42 Å². The first-order valence-electron chi connectivity index (χ1n) is 8.79. The highest BCUT2D eigenvalue weighted by Gasteiger charge is 2.33. The molecule has 1 heterocycles. The van der Waals surface area contributed by atoms with E-state index in [1.807, 2.05) is 0 Å². The molecule has 0 aliphatic rings. The van der Waals surface area contributed by atoms with Crippen LogP contribution in [0.25, 0.3) is 10.9 Å². The minimum absolute atomic E-state index is 0.0689. The van der Waals surface area contributed by atoms with Crippen molar-refractivity contribution in [3.05, 3.63) is 65.1 Å².